The van der Waals surface area contributed by atoms with Crippen molar-refractivity contribution in [1.29, 1.82) is 0 Å². The summed E-state index contributed by atoms with van der Waals surface area (Å²) in [7, 11) is 0. The summed E-state index contributed by atoms with van der Waals surface area (Å²) in [6, 6.07) is 19.3. The van der Waals surface area contributed by atoms with Gasteiger partial charge in [0.05, 0.1) is 35.8 Å². The van der Waals surface area contributed by atoms with E-state index in [0.717, 1.165) is 33.1 Å². The van der Waals surface area contributed by atoms with Crippen LogP contribution in [0.2, 0.25) is 0 Å². The van der Waals surface area contributed by atoms with Gasteiger partial charge < -0.3 is 0 Å². The van der Waals surface area contributed by atoms with E-state index in [0.29, 0.717) is 0 Å². The third-order valence-corrected chi connectivity index (χ3v) is 9.06. The first-order valence-corrected chi connectivity index (χ1v) is 18.2. The Morgan fingerprint density at radius 3 is 1.47 bits per heavy atom. The van der Waals surface area contributed by atoms with Gasteiger partial charge in [-0.3, -0.25) is 25.3 Å². The molecule has 0 saturated heterocycles. The van der Waals surface area contributed by atoms with E-state index in [9.17, 15) is 0 Å². The van der Waals surface area contributed by atoms with Crippen LogP contribution in [0.4, 0.5) is 0 Å². The van der Waals surface area contributed by atoms with Crippen LogP contribution in [-0.2, 0) is 21.7 Å². The molecule has 0 aliphatic carbocycles. The van der Waals surface area contributed by atoms with Gasteiger partial charge in [0.25, 0.3) is 0 Å². The lowest BCUT2D eigenvalue weighted by molar-refractivity contribution is 0.570. The van der Waals surface area contributed by atoms with Crippen LogP contribution in [0, 0.1) is 0 Å². The summed E-state index contributed by atoms with van der Waals surface area (Å²) in [5.74, 6) is 0. The van der Waals surface area contributed by atoms with Gasteiger partial charge in [-0.25, -0.2) is 4.98 Å². The van der Waals surface area contributed by atoms with Gasteiger partial charge in [0.1, 0.15) is 0 Å². The molecule has 0 unspecified atom stereocenters. The maximum Gasteiger partial charge on any atom is 0.155 e. The molecule has 0 atom stereocenters. The van der Waals surface area contributed by atoms with Gasteiger partial charge in [-0.1, -0.05) is 144 Å². The third-order valence-electron chi connectivity index (χ3n) is 9.06. The summed E-state index contributed by atoms with van der Waals surface area (Å²) >= 11 is 0. The van der Waals surface area contributed by atoms with Crippen molar-refractivity contribution in [2.45, 2.75) is 142 Å². The molecule has 0 amide bonds. The zero-order valence-electron chi connectivity index (χ0n) is 33.4. The highest BCUT2D eigenvalue weighted by molar-refractivity contribution is 5.82. The molecule has 0 aliphatic rings. The lowest BCUT2D eigenvalue weighted by atomic mass is 9.86. The SMILES string of the molecule is C.C.C.C.C.CC(C)(C)c1cc2cn[nH]c2cn1.CC(C)(C)c1ccc2[nH]ncc2c1.CC(C)(C)c1ccc2cnccc2c1.CC(C)(C)c1cnc2[nH]ncc2c1. The smallest absolute Gasteiger partial charge is 0.155 e. The summed E-state index contributed by atoms with van der Waals surface area (Å²) in [6.07, 6.45) is 13.0. The van der Waals surface area contributed by atoms with Crippen molar-refractivity contribution in [2.24, 2.45) is 0 Å². The van der Waals surface area contributed by atoms with E-state index in [1.807, 2.05) is 37.2 Å². The number of aromatic nitrogens is 9. The number of aromatic amines is 3. The van der Waals surface area contributed by atoms with Crippen LogP contribution in [0.15, 0.2) is 98.0 Å². The Morgan fingerprint density at radius 1 is 0.379 bits per heavy atom. The Kier molecular flexibility index (Phi) is 18.9. The number of pyridine rings is 3. The number of H-pyrrole nitrogens is 3. The number of fused-ring (bicyclic) bond motifs is 4. The summed E-state index contributed by atoms with van der Waals surface area (Å²) in [6.45, 7) is 26.3. The van der Waals surface area contributed by atoms with Crippen molar-refractivity contribution in [1.82, 2.24) is 45.5 Å². The molecule has 0 bridgehead atoms. The predicted molar refractivity (Wildman–Crippen MR) is 254 cm³/mol. The highest BCUT2D eigenvalue weighted by Gasteiger charge is 2.17. The highest BCUT2D eigenvalue weighted by atomic mass is 15.1. The lowest BCUT2D eigenvalue weighted by Crippen LogP contribution is -2.12. The summed E-state index contributed by atoms with van der Waals surface area (Å²) in [5, 5.41) is 26.4. The molecule has 0 fully saturated rings. The summed E-state index contributed by atoms with van der Waals surface area (Å²) in [5.41, 5.74) is 8.70. The molecule has 8 aromatic rings. The van der Waals surface area contributed by atoms with E-state index in [1.165, 1.54) is 32.8 Å². The monoisotopic (exact) mass is 790 g/mol. The molecule has 0 saturated carbocycles. The first kappa shape index (κ1) is 52.6. The Bertz CT molecular complexity index is 2200. The molecule has 9 nitrogen and oxygen atoms in total. The zero-order valence-corrected chi connectivity index (χ0v) is 33.4. The van der Waals surface area contributed by atoms with Crippen molar-refractivity contribution in [3.05, 3.63) is 120 Å². The molecule has 3 N–H and O–H groups in total. The maximum absolute atomic E-state index is 4.38. The molecule has 6 aromatic heterocycles. The van der Waals surface area contributed by atoms with E-state index in [1.54, 1.807) is 6.20 Å². The number of hydrogen-bond donors (Lipinski definition) is 3. The van der Waals surface area contributed by atoms with Crippen molar-refractivity contribution >= 4 is 43.6 Å². The molecule has 6 heterocycles. The number of nitrogens with zero attached hydrogens (tertiary/aromatic N) is 6. The standard InChI is InChI=1S/C13H15N.C11H14N2.2C10H13N3.5CH4/c1-13(2,3)12-5-4-11-9-14-7-6-10(11)8-12;1-11(2,3)9-4-5-10-8(6-9)7-12-13-10;1-10(2,3)9-4-7-5-12-13-8(7)6-11-9;1-10(2,3)8-4-7-5-12-13-9(7)11-6-8;;;;;/h4-9H,1-3H3;4-7H,1-3H3,(H,12,13);4-6H,1-3H3,(H,12,13);4-6H,1-3H3,(H,11,12,13);5*1H4. The van der Waals surface area contributed by atoms with Crippen molar-refractivity contribution in [2.75, 3.05) is 0 Å². The molecule has 0 radical (unpaired) electrons. The fourth-order valence-electron chi connectivity index (χ4n) is 5.46. The van der Waals surface area contributed by atoms with Gasteiger partial charge in [-0.15, -0.1) is 0 Å². The van der Waals surface area contributed by atoms with Crippen LogP contribution < -0.4 is 0 Å². The van der Waals surface area contributed by atoms with Crippen LogP contribution in [0.25, 0.3) is 43.6 Å². The average Bonchev–Trinajstić information content (AvgIpc) is 3.87. The maximum atomic E-state index is 4.38. The number of rotatable bonds is 0. The first-order chi connectivity index (χ1) is 24.8. The van der Waals surface area contributed by atoms with Crippen molar-refractivity contribution < 1.29 is 0 Å². The number of nitrogens with one attached hydrogen (secondary N) is 3. The van der Waals surface area contributed by atoms with Crippen molar-refractivity contribution in [3.63, 3.8) is 0 Å². The molecular weight excluding hydrogens is 715 g/mol. The van der Waals surface area contributed by atoms with Crippen molar-refractivity contribution in [3.8, 4) is 0 Å². The zero-order chi connectivity index (χ0) is 38.6. The predicted octanol–water partition coefficient (Wildman–Crippen LogP) is 14.1. The minimum Gasteiger partial charge on any atom is -0.278 e. The quantitative estimate of drug-likeness (QED) is 0.140. The van der Waals surface area contributed by atoms with Gasteiger partial charge in [0, 0.05) is 51.2 Å². The summed E-state index contributed by atoms with van der Waals surface area (Å²) in [4.78, 5) is 12.8. The molecule has 9 heteroatoms. The minimum atomic E-state index is 0. The van der Waals surface area contributed by atoms with E-state index in [2.05, 4.69) is 183 Å². The van der Waals surface area contributed by atoms with Crippen LogP contribution in [0.3, 0.4) is 0 Å². The molecular formula is C49H75N9. The average molecular weight is 790 g/mol. The van der Waals surface area contributed by atoms with E-state index >= 15 is 0 Å². The molecule has 8 rings (SSSR count). The molecule has 0 spiro atoms. The second-order valence-electron chi connectivity index (χ2n) is 17.7. The van der Waals surface area contributed by atoms with E-state index in [-0.39, 0.29) is 58.8 Å². The second kappa shape index (κ2) is 20.8. The van der Waals surface area contributed by atoms with Gasteiger partial charge in [-0.05, 0) is 68.7 Å². The minimum absolute atomic E-state index is 0. The van der Waals surface area contributed by atoms with Gasteiger partial charge in [0.15, 0.2) is 5.65 Å². The molecule has 316 valence electrons. The highest BCUT2D eigenvalue weighted by Crippen LogP contribution is 2.27. The van der Waals surface area contributed by atoms with Crippen LogP contribution >= 0.6 is 0 Å². The molecule has 2 aromatic carbocycles. The van der Waals surface area contributed by atoms with Gasteiger partial charge in [0.2, 0.25) is 0 Å². The van der Waals surface area contributed by atoms with E-state index in [4.69, 9.17) is 0 Å². The molecule has 0 aliphatic heterocycles. The third kappa shape index (κ3) is 13.6. The molecule has 58 heavy (non-hydrogen) atoms. The van der Waals surface area contributed by atoms with Crippen LogP contribution in [-0.4, -0.2) is 45.5 Å². The van der Waals surface area contributed by atoms with E-state index < -0.39 is 0 Å². The second-order valence-corrected chi connectivity index (χ2v) is 17.7. The Balaban J connectivity index is 0.000000726. The Labute approximate surface area is 350 Å². The Hall–Kier alpha value is -5.44. The first-order valence-electron chi connectivity index (χ1n) is 18.2. The van der Waals surface area contributed by atoms with Gasteiger partial charge >= 0.3 is 0 Å². The largest absolute Gasteiger partial charge is 0.278 e. The van der Waals surface area contributed by atoms with Crippen LogP contribution in [0.5, 0.6) is 0 Å². The topological polar surface area (TPSA) is 125 Å². The summed E-state index contributed by atoms with van der Waals surface area (Å²) < 4.78 is 0. The van der Waals surface area contributed by atoms with Gasteiger partial charge in [-0.2, -0.15) is 15.3 Å². The fraction of sp³-hybridized carbons (Fsp3) is 0.429. The normalized spacial score (nSPS) is 11.1. The van der Waals surface area contributed by atoms with Crippen LogP contribution in [0.1, 0.15) is 143 Å². The Morgan fingerprint density at radius 2 is 0.879 bits per heavy atom. The fourth-order valence-corrected chi connectivity index (χ4v) is 5.46. The number of hydrogen-bond acceptors (Lipinski definition) is 6. The number of benzene rings is 2. The lowest BCUT2D eigenvalue weighted by Gasteiger charge is -2.19.